The quantitative estimate of drug-likeness (QED) is 0.474. The Balaban J connectivity index is 1.33. The van der Waals surface area contributed by atoms with Gasteiger partial charge in [-0.25, -0.2) is 0 Å². The van der Waals surface area contributed by atoms with Gasteiger partial charge < -0.3 is 5.11 Å². The summed E-state index contributed by atoms with van der Waals surface area (Å²) in [6.07, 6.45) is 14.2. The largest absolute Gasteiger partial charge is 0.393 e. The lowest BCUT2D eigenvalue weighted by Gasteiger charge is -2.58. The van der Waals surface area contributed by atoms with Crippen LogP contribution in [0.2, 0.25) is 0 Å². The number of aliphatic hydroxyl groups is 1. The van der Waals surface area contributed by atoms with Crippen LogP contribution in [0, 0.1) is 52.3 Å². The average molecular weight is 411 g/mol. The molecule has 0 spiro atoms. The lowest BCUT2D eigenvalue weighted by Crippen LogP contribution is -2.50. The summed E-state index contributed by atoms with van der Waals surface area (Å²) in [7, 11) is 0. The van der Waals surface area contributed by atoms with Crippen molar-refractivity contribution in [2.24, 2.45) is 52.3 Å². The molecule has 0 bridgehead atoms. The third kappa shape index (κ3) is 3.04. The molecule has 0 amide bonds. The highest BCUT2D eigenvalue weighted by Gasteiger charge is 2.59. The fourth-order valence-electron chi connectivity index (χ4n) is 9.71. The van der Waals surface area contributed by atoms with Crippen LogP contribution in [0.5, 0.6) is 0 Å². The molecule has 3 fully saturated rings. The lowest BCUT2D eigenvalue weighted by molar-refractivity contribution is -0.0566. The first-order chi connectivity index (χ1) is 14.2. The second-order valence-corrected chi connectivity index (χ2v) is 13.0. The first kappa shape index (κ1) is 21.3. The molecule has 5 aliphatic rings. The van der Waals surface area contributed by atoms with Gasteiger partial charge in [0, 0.05) is 5.92 Å². The van der Waals surface area contributed by atoms with E-state index in [-0.39, 0.29) is 6.10 Å². The van der Waals surface area contributed by atoms with Crippen LogP contribution in [0.15, 0.2) is 22.8 Å². The van der Waals surface area contributed by atoms with Crippen molar-refractivity contribution in [3.8, 4) is 0 Å². The second-order valence-electron chi connectivity index (χ2n) is 13.0. The van der Waals surface area contributed by atoms with Crippen molar-refractivity contribution in [2.75, 3.05) is 0 Å². The Labute approximate surface area is 185 Å². The van der Waals surface area contributed by atoms with Gasteiger partial charge >= 0.3 is 0 Å². The minimum atomic E-state index is -0.0821. The summed E-state index contributed by atoms with van der Waals surface area (Å²) in [6, 6.07) is 0. The van der Waals surface area contributed by atoms with Crippen LogP contribution in [0.3, 0.4) is 0 Å². The van der Waals surface area contributed by atoms with E-state index in [2.05, 4.69) is 47.6 Å². The molecule has 30 heavy (non-hydrogen) atoms. The Morgan fingerprint density at radius 3 is 2.50 bits per heavy atom. The molecule has 5 aliphatic carbocycles. The van der Waals surface area contributed by atoms with E-state index in [1.54, 1.807) is 11.1 Å². The predicted octanol–water partition coefficient (Wildman–Crippen LogP) is 7.55. The molecule has 1 nitrogen and oxygen atoms in total. The molecule has 0 aliphatic heterocycles. The van der Waals surface area contributed by atoms with E-state index in [1.807, 2.05) is 5.57 Å². The van der Waals surface area contributed by atoms with Crippen LogP contribution < -0.4 is 0 Å². The maximum atomic E-state index is 10.2. The molecule has 3 saturated carbocycles. The lowest BCUT2D eigenvalue weighted by atomic mass is 9.47. The summed E-state index contributed by atoms with van der Waals surface area (Å²) in [6.45, 7) is 15.0. The van der Waals surface area contributed by atoms with Crippen molar-refractivity contribution in [1.29, 1.82) is 0 Å². The van der Waals surface area contributed by atoms with Crippen LogP contribution in [0.25, 0.3) is 0 Å². The molecule has 0 aromatic rings. The standard InChI is InChI=1S/C29H46O/c1-17(2)27-19(4)23(27)15-18(3)24-9-10-25-22-8-7-20-16-21(30)11-13-28(20,5)26(22)12-14-29(24,25)6/h7,17-18,21-22,24-27,30H,8-16H2,1-6H3. The molecule has 9 atom stereocenters. The topological polar surface area (TPSA) is 20.2 Å². The smallest absolute Gasteiger partial charge is 0.0577 e. The van der Waals surface area contributed by atoms with Crippen LogP contribution >= 0.6 is 0 Å². The summed E-state index contributed by atoms with van der Waals surface area (Å²) in [5.74, 6) is 6.10. The van der Waals surface area contributed by atoms with Crippen LogP contribution in [-0.4, -0.2) is 11.2 Å². The fourth-order valence-corrected chi connectivity index (χ4v) is 9.71. The molecule has 9 unspecified atom stereocenters. The molecule has 1 N–H and O–H groups in total. The van der Waals surface area contributed by atoms with Gasteiger partial charge in [0.1, 0.15) is 0 Å². The summed E-state index contributed by atoms with van der Waals surface area (Å²) in [4.78, 5) is 0. The number of allylic oxidation sites excluding steroid dienone is 3. The maximum absolute atomic E-state index is 10.2. The second kappa shape index (κ2) is 7.23. The van der Waals surface area contributed by atoms with E-state index in [0.717, 1.165) is 54.3 Å². The Morgan fingerprint density at radius 1 is 1.03 bits per heavy atom. The summed E-state index contributed by atoms with van der Waals surface area (Å²) >= 11 is 0. The molecule has 1 heteroatoms. The minimum Gasteiger partial charge on any atom is -0.393 e. The highest BCUT2D eigenvalue weighted by Crippen LogP contribution is 2.67. The monoisotopic (exact) mass is 410 g/mol. The molecule has 0 radical (unpaired) electrons. The van der Waals surface area contributed by atoms with E-state index in [0.29, 0.717) is 10.8 Å². The van der Waals surface area contributed by atoms with E-state index >= 15 is 0 Å². The first-order valence-electron chi connectivity index (χ1n) is 13.2. The molecule has 0 aromatic heterocycles. The Morgan fingerprint density at radius 2 is 1.80 bits per heavy atom. The van der Waals surface area contributed by atoms with Gasteiger partial charge in [-0.15, -0.1) is 0 Å². The third-order valence-corrected chi connectivity index (χ3v) is 11.3. The van der Waals surface area contributed by atoms with Crippen molar-refractivity contribution >= 4 is 0 Å². The number of hydrogen-bond acceptors (Lipinski definition) is 1. The van der Waals surface area contributed by atoms with Crippen LogP contribution in [-0.2, 0) is 0 Å². The van der Waals surface area contributed by atoms with Gasteiger partial charge in [-0.2, -0.15) is 0 Å². The molecular formula is C29H46O. The molecule has 0 aromatic carbocycles. The zero-order valence-electron chi connectivity index (χ0n) is 20.5. The van der Waals surface area contributed by atoms with Gasteiger partial charge in [0.15, 0.2) is 0 Å². The Hall–Kier alpha value is -0.560. The average Bonchev–Trinajstić information content (AvgIpc) is 3.17. The van der Waals surface area contributed by atoms with Gasteiger partial charge in [0.25, 0.3) is 0 Å². The SMILES string of the molecule is CC1=C(CC(C)C2CCC3C4CC=C5CC(O)CCC5(C)C4CCC23C)C1C(C)C. The molecule has 168 valence electrons. The first-order valence-corrected chi connectivity index (χ1v) is 13.2. The predicted molar refractivity (Wildman–Crippen MR) is 126 cm³/mol. The van der Waals surface area contributed by atoms with E-state index in [1.165, 1.54) is 44.9 Å². The molecular weight excluding hydrogens is 364 g/mol. The maximum Gasteiger partial charge on any atom is 0.0577 e. The number of fused-ring (bicyclic) bond motifs is 5. The van der Waals surface area contributed by atoms with Crippen molar-refractivity contribution in [3.05, 3.63) is 22.8 Å². The minimum absolute atomic E-state index is 0.0821. The molecule has 5 rings (SSSR count). The van der Waals surface area contributed by atoms with Crippen molar-refractivity contribution in [1.82, 2.24) is 0 Å². The van der Waals surface area contributed by atoms with E-state index in [9.17, 15) is 5.11 Å². The van der Waals surface area contributed by atoms with Gasteiger partial charge in [-0.1, -0.05) is 57.4 Å². The van der Waals surface area contributed by atoms with Crippen molar-refractivity contribution in [2.45, 2.75) is 105 Å². The van der Waals surface area contributed by atoms with E-state index in [4.69, 9.17) is 0 Å². The summed E-state index contributed by atoms with van der Waals surface area (Å²) in [5, 5.41) is 10.2. The molecule has 0 saturated heterocycles. The normalized spacial score (nSPS) is 48.7. The van der Waals surface area contributed by atoms with Crippen molar-refractivity contribution < 1.29 is 5.11 Å². The fraction of sp³-hybridized carbons (Fsp3) is 0.862. The van der Waals surface area contributed by atoms with Crippen LogP contribution in [0.4, 0.5) is 0 Å². The number of aliphatic hydroxyl groups excluding tert-OH is 1. The summed E-state index contributed by atoms with van der Waals surface area (Å²) < 4.78 is 0. The molecule has 0 heterocycles. The van der Waals surface area contributed by atoms with Gasteiger partial charge in [0.05, 0.1) is 6.10 Å². The van der Waals surface area contributed by atoms with Gasteiger partial charge in [-0.05, 0) is 111 Å². The Bertz CT molecular complexity index is 758. The highest BCUT2D eigenvalue weighted by molar-refractivity contribution is 5.40. The van der Waals surface area contributed by atoms with Gasteiger partial charge in [0.2, 0.25) is 0 Å². The Kier molecular flexibility index (Phi) is 5.13. The highest BCUT2D eigenvalue weighted by atomic mass is 16.3. The van der Waals surface area contributed by atoms with Crippen molar-refractivity contribution in [3.63, 3.8) is 0 Å². The summed E-state index contributed by atoms with van der Waals surface area (Å²) in [5.41, 5.74) is 6.10. The van der Waals surface area contributed by atoms with Crippen LogP contribution in [0.1, 0.15) is 99.3 Å². The zero-order valence-corrected chi connectivity index (χ0v) is 20.5. The number of hydrogen-bond donors (Lipinski definition) is 1. The third-order valence-electron chi connectivity index (χ3n) is 11.3. The number of rotatable bonds is 4. The van der Waals surface area contributed by atoms with Gasteiger partial charge in [-0.3, -0.25) is 0 Å². The van der Waals surface area contributed by atoms with E-state index < -0.39 is 0 Å². The zero-order chi connectivity index (χ0) is 21.4.